The Morgan fingerprint density at radius 2 is 2.29 bits per heavy atom. The molecule has 0 saturated carbocycles. The lowest BCUT2D eigenvalue weighted by atomic mass is 10.2. The average Bonchev–Trinajstić information content (AvgIpc) is 3.15. The van der Waals surface area contributed by atoms with Crippen molar-refractivity contribution in [3.8, 4) is 5.75 Å². The molecule has 0 bridgehead atoms. The molecular weight excluding hydrogens is 266 g/mol. The number of nitrogens with one attached hydrogen (secondary N) is 1. The molecule has 3 aromatic rings. The third-order valence-electron chi connectivity index (χ3n) is 3.38. The van der Waals surface area contributed by atoms with E-state index in [1.165, 1.54) is 0 Å². The number of hydrogen-bond donors (Lipinski definition) is 1. The number of benzene rings is 1. The highest BCUT2D eigenvalue weighted by Crippen LogP contribution is 2.28. The maximum atomic E-state index is 5.84. The Kier molecular flexibility index (Phi) is 4.21. The number of hydrogen-bond acceptors (Lipinski definition) is 4. The molecule has 0 aliphatic carbocycles. The van der Waals surface area contributed by atoms with Crippen LogP contribution in [0, 0.1) is 0 Å². The predicted octanol–water partition coefficient (Wildman–Crippen LogP) is 2.82. The summed E-state index contributed by atoms with van der Waals surface area (Å²) in [7, 11) is 1.66. The van der Waals surface area contributed by atoms with Crippen LogP contribution in [0.4, 0.5) is 0 Å². The first-order chi connectivity index (χ1) is 10.4. The maximum absolute atomic E-state index is 5.84. The van der Waals surface area contributed by atoms with Crippen molar-refractivity contribution >= 4 is 11.0 Å². The van der Waals surface area contributed by atoms with Gasteiger partial charge in [0.15, 0.2) is 11.3 Å². The van der Waals surface area contributed by atoms with Gasteiger partial charge in [0, 0.05) is 24.3 Å². The molecule has 110 valence electrons. The molecule has 0 spiro atoms. The van der Waals surface area contributed by atoms with Crippen LogP contribution in [0.5, 0.6) is 5.75 Å². The Bertz CT molecular complexity index is 689. The molecule has 5 nitrogen and oxygen atoms in total. The van der Waals surface area contributed by atoms with Crippen LogP contribution in [0.25, 0.3) is 11.0 Å². The number of fused-ring (bicyclic) bond motifs is 1. The van der Waals surface area contributed by atoms with Crippen molar-refractivity contribution in [3.63, 3.8) is 0 Å². The van der Waals surface area contributed by atoms with Crippen LogP contribution in [0.3, 0.4) is 0 Å². The molecule has 0 saturated heterocycles. The summed E-state index contributed by atoms with van der Waals surface area (Å²) in [6.45, 7) is 2.57. The Balaban J connectivity index is 1.51. The Morgan fingerprint density at radius 3 is 3.10 bits per heavy atom. The van der Waals surface area contributed by atoms with Crippen LogP contribution in [-0.4, -0.2) is 23.4 Å². The van der Waals surface area contributed by atoms with Crippen LogP contribution >= 0.6 is 0 Å². The normalized spacial score (nSPS) is 11.1. The molecule has 0 unspecified atom stereocenters. The number of nitrogens with zero attached hydrogens (tertiary/aromatic N) is 2. The summed E-state index contributed by atoms with van der Waals surface area (Å²) in [5.74, 6) is 1.70. The van der Waals surface area contributed by atoms with Crippen molar-refractivity contribution in [3.05, 3.63) is 48.5 Å². The van der Waals surface area contributed by atoms with Gasteiger partial charge >= 0.3 is 0 Å². The van der Waals surface area contributed by atoms with Crippen LogP contribution in [0.2, 0.25) is 0 Å². The summed E-state index contributed by atoms with van der Waals surface area (Å²) in [5, 5.41) is 8.64. The van der Waals surface area contributed by atoms with Gasteiger partial charge in [-0.3, -0.25) is 4.68 Å². The van der Waals surface area contributed by atoms with E-state index >= 15 is 0 Å². The lowest BCUT2D eigenvalue weighted by Gasteiger charge is -2.03. The van der Waals surface area contributed by atoms with Crippen LogP contribution in [0.15, 0.2) is 47.1 Å². The van der Waals surface area contributed by atoms with Gasteiger partial charge in [-0.05, 0) is 31.2 Å². The second-order valence-corrected chi connectivity index (χ2v) is 4.89. The topological polar surface area (TPSA) is 52.2 Å². The van der Waals surface area contributed by atoms with Crippen molar-refractivity contribution < 1.29 is 9.15 Å². The summed E-state index contributed by atoms with van der Waals surface area (Å²) in [5.41, 5.74) is 0.813. The molecule has 2 heterocycles. The number of para-hydroxylation sites is 1. The highest BCUT2D eigenvalue weighted by Gasteiger charge is 2.07. The SMILES string of the molecule is COc1cccc2cc(CNCCCn3cccn3)oc12. The largest absolute Gasteiger partial charge is 0.493 e. The third kappa shape index (κ3) is 3.25. The van der Waals surface area contributed by atoms with Crippen molar-refractivity contribution in [1.82, 2.24) is 15.1 Å². The van der Waals surface area contributed by atoms with E-state index in [-0.39, 0.29) is 0 Å². The van der Waals surface area contributed by atoms with E-state index in [1.54, 1.807) is 13.3 Å². The number of furan rings is 1. The number of aryl methyl sites for hydroxylation is 1. The summed E-state index contributed by atoms with van der Waals surface area (Å²) in [6.07, 6.45) is 4.81. The summed E-state index contributed by atoms with van der Waals surface area (Å²) in [4.78, 5) is 0. The standard InChI is InChI=1S/C16H19N3O2/c1-20-15-6-2-5-13-11-14(21-16(13)15)12-17-7-3-9-19-10-4-8-18-19/h2,4-6,8,10-11,17H,3,7,9,12H2,1H3. The lowest BCUT2D eigenvalue weighted by molar-refractivity contribution is 0.406. The van der Waals surface area contributed by atoms with Crippen LogP contribution < -0.4 is 10.1 Å². The molecule has 21 heavy (non-hydrogen) atoms. The summed E-state index contributed by atoms with van der Waals surface area (Å²) < 4.78 is 13.1. The third-order valence-corrected chi connectivity index (χ3v) is 3.38. The van der Waals surface area contributed by atoms with Crippen molar-refractivity contribution in [2.45, 2.75) is 19.5 Å². The average molecular weight is 285 g/mol. The first-order valence-electron chi connectivity index (χ1n) is 7.10. The zero-order valence-electron chi connectivity index (χ0n) is 12.1. The summed E-state index contributed by atoms with van der Waals surface area (Å²) >= 11 is 0. The molecule has 0 aliphatic rings. The highest BCUT2D eigenvalue weighted by atomic mass is 16.5. The molecule has 0 atom stereocenters. The molecule has 0 fully saturated rings. The molecule has 1 aromatic carbocycles. The molecule has 5 heteroatoms. The van der Waals surface area contributed by atoms with E-state index in [9.17, 15) is 0 Å². The minimum absolute atomic E-state index is 0.719. The van der Waals surface area contributed by atoms with Crippen molar-refractivity contribution in [2.75, 3.05) is 13.7 Å². The van der Waals surface area contributed by atoms with Gasteiger partial charge < -0.3 is 14.5 Å². The van der Waals surface area contributed by atoms with Gasteiger partial charge in [0.25, 0.3) is 0 Å². The minimum atomic E-state index is 0.719. The van der Waals surface area contributed by atoms with Gasteiger partial charge in [0.2, 0.25) is 0 Å². The number of rotatable bonds is 7. The van der Waals surface area contributed by atoms with E-state index in [4.69, 9.17) is 9.15 Å². The molecule has 2 aromatic heterocycles. The molecular formula is C16H19N3O2. The number of aromatic nitrogens is 2. The highest BCUT2D eigenvalue weighted by molar-refractivity contribution is 5.83. The monoisotopic (exact) mass is 285 g/mol. The van der Waals surface area contributed by atoms with Crippen LogP contribution in [-0.2, 0) is 13.1 Å². The fourth-order valence-electron chi connectivity index (χ4n) is 2.35. The zero-order valence-corrected chi connectivity index (χ0v) is 12.1. The van der Waals surface area contributed by atoms with E-state index in [0.717, 1.165) is 48.5 Å². The number of ether oxygens (including phenoxy) is 1. The molecule has 0 aliphatic heterocycles. The first kappa shape index (κ1) is 13.7. The second-order valence-electron chi connectivity index (χ2n) is 4.89. The van der Waals surface area contributed by atoms with Gasteiger partial charge in [0.1, 0.15) is 5.76 Å². The lowest BCUT2D eigenvalue weighted by Crippen LogP contribution is -2.16. The first-order valence-corrected chi connectivity index (χ1v) is 7.10. The maximum Gasteiger partial charge on any atom is 0.176 e. The molecule has 0 amide bonds. The van der Waals surface area contributed by atoms with E-state index < -0.39 is 0 Å². The summed E-state index contributed by atoms with van der Waals surface area (Å²) in [6, 6.07) is 9.90. The van der Waals surface area contributed by atoms with Gasteiger partial charge in [-0.15, -0.1) is 0 Å². The van der Waals surface area contributed by atoms with Crippen molar-refractivity contribution in [1.29, 1.82) is 0 Å². The fraction of sp³-hybridized carbons (Fsp3) is 0.312. The van der Waals surface area contributed by atoms with Crippen molar-refractivity contribution in [2.24, 2.45) is 0 Å². The van der Waals surface area contributed by atoms with Gasteiger partial charge in [-0.25, -0.2) is 0 Å². The van der Waals surface area contributed by atoms with E-state index in [2.05, 4.69) is 16.5 Å². The van der Waals surface area contributed by atoms with Gasteiger partial charge in [-0.2, -0.15) is 5.10 Å². The predicted molar refractivity (Wildman–Crippen MR) is 81.3 cm³/mol. The molecule has 1 N–H and O–H groups in total. The van der Waals surface area contributed by atoms with Gasteiger partial charge in [-0.1, -0.05) is 12.1 Å². The Hall–Kier alpha value is -2.27. The molecule has 3 rings (SSSR count). The Labute approximate surface area is 123 Å². The molecule has 0 radical (unpaired) electrons. The Morgan fingerprint density at radius 1 is 1.33 bits per heavy atom. The zero-order chi connectivity index (χ0) is 14.5. The minimum Gasteiger partial charge on any atom is -0.493 e. The smallest absolute Gasteiger partial charge is 0.176 e. The van der Waals surface area contributed by atoms with Crippen LogP contribution in [0.1, 0.15) is 12.2 Å². The fourth-order valence-corrected chi connectivity index (χ4v) is 2.35. The van der Waals surface area contributed by atoms with E-state index in [0.29, 0.717) is 0 Å². The number of methoxy groups -OCH3 is 1. The quantitative estimate of drug-likeness (QED) is 0.678. The van der Waals surface area contributed by atoms with E-state index in [1.807, 2.05) is 35.1 Å². The van der Waals surface area contributed by atoms with Gasteiger partial charge in [0.05, 0.1) is 13.7 Å². The second kappa shape index (κ2) is 6.45.